The number of aromatic nitrogens is 3. The molecule has 1 aliphatic rings. The first kappa shape index (κ1) is 15.5. The van der Waals surface area contributed by atoms with Crippen molar-refractivity contribution in [2.75, 3.05) is 36.5 Å². The summed E-state index contributed by atoms with van der Waals surface area (Å²) in [5.41, 5.74) is 0.441. The Labute approximate surface area is 129 Å². The number of halogens is 3. The molecule has 7 nitrogen and oxygen atoms in total. The third-order valence-corrected chi connectivity index (χ3v) is 3.30. The number of ether oxygens (including phenoxy) is 1. The number of anilines is 2. The summed E-state index contributed by atoms with van der Waals surface area (Å²) in [5, 5.41) is 6.34. The summed E-state index contributed by atoms with van der Waals surface area (Å²) >= 11 is 0. The van der Waals surface area contributed by atoms with Crippen molar-refractivity contribution in [1.82, 2.24) is 14.6 Å². The molecule has 0 bridgehead atoms. The maximum absolute atomic E-state index is 12.3. The summed E-state index contributed by atoms with van der Waals surface area (Å²) in [5.74, 6) is -0.443. The van der Waals surface area contributed by atoms with Crippen LogP contribution in [0.2, 0.25) is 0 Å². The zero-order valence-corrected chi connectivity index (χ0v) is 12.0. The normalized spacial score (nSPS) is 15.9. The molecular weight excluding hydrogens is 315 g/mol. The summed E-state index contributed by atoms with van der Waals surface area (Å²) in [6.45, 7) is 2.32. The zero-order valence-electron chi connectivity index (χ0n) is 12.0. The SMILES string of the molecule is O=C(CC(F)(F)F)Nc1cc(N2CCOCC2)n2nccc2n1. The molecule has 1 amide bonds. The number of nitrogens with zero attached hydrogens (tertiary/aromatic N) is 4. The Hall–Kier alpha value is -2.36. The van der Waals surface area contributed by atoms with Gasteiger partial charge in [-0.3, -0.25) is 4.79 Å². The van der Waals surface area contributed by atoms with Crippen molar-refractivity contribution in [2.45, 2.75) is 12.6 Å². The van der Waals surface area contributed by atoms with E-state index in [1.807, 2.05) is 4.90 Å². The van der Waals surface area contributed by atoms with Crippen molar-refractivity contribution in [3.63, 3.8) is 0 Å². The first-order chi connectivity index (χ1) is 10.9. The van der Waals surface area contributed by atoms with Crippen LogP contribution in [0.25, 0.3) is 5.65 Å². The van der Waals surface area contributed by atoms with E-state index < -0.39 is 18.5 Å². The second-order valence-corrected chi connectivity index (χ2v) is 5.04. The third-order valence-electron chi connectivity index (χ3n) is 3.30. The number of hydrogen-bond acceptors (Lipinski definition) is 5. The van der Waals surface area contributed by atoms with Gasteiger partial charge >= 0.3 is 6.18 Å². The van der Waals surface area contributed by atoms with Gasteiger partial charge in [0.15, 0.2) is 5.65 Å². The summed E-state index contributed by atoms with van der Waals surface area (Å²) in [6, 6.07) is 3.13. The van der Waals surface area contributed by atoms with Gasteiger partial charge in [0.25, 0.3) is 0 Å². The van der Waals surface area contributed by atoms with E-state index in [9.17, 15) is 18.0 Å². The van der Waals surface area contributed by atoms with Gasteiger partial charge in [-0.05, 0) is 0 Å². The number of hydrogen-bond donors (Lipinski definition) is 1. The van der Waals surface area contributed by atoms with E-state index in [2.05, 4.69) is 15.4 Å². The molecule has 2 aromatic heterocycles. The first-order valence-electron chi connectivity index (χ1n) is 6.96. The van der Waals surface area contributed by atoms with E-state index in [1.54, 1.807) is 10.6 Å². The van der Waals surface area contributed by atoms with Crippen molar-refractivity contribution in [3.8, 4) is 0 Å². The van der Waals surface area contributed by atoms with Gasteiger partial charge in [0.1, 0.15) is 18.1 Å². The first-order valence-corrected chi connectivity index (χ1v) is 6.96. The van der Waals surface area contributed by atoms with E-state index in [0.717, 1.165) is 0 Å². The Morgan fingerprint density at radius 1 is 1.35 bits per heavy atom. The van der Waals surface area contributed by atoms with Crippen molar-refractivity contribution >= 4 is 23.2 Å². The van der Waals surface area contributed by atoms with Crippen molar-refractivity contribution in [1.29, 1.82) is 0 Å². The molecule has 0 atom stereocenters. The van der Waals surface area contributed by atoms with E-state index in [1.165, 1.54) is 12.3 Å². The van der Waals surface area contributed by atoms with Gasteiger partial charge in [-0.25, -0.2) is 4.98 Å². The van der Waals surface area contributed by atoms with Crippen molar-refractivity contribution in [3.05, 3.63) is 18.3 Å². The fraction of sp³-hybridized carbons (Fsp3) is 0.462. The van der Waals surface area contributed by atoms with Crippen LogP contribution in [0, 0.1) is 0 Å². The van der Waals surface area contributed by atoms with Crippen LogP contribution >= 0.6 is 0 Å². The fourth-order valence-corrected chi connectivity index (χ4v) is 2.35. The average molecular weight is 329 g/mol. The highest BCUT2D eigenvalue weighted by molar-refractivity contribution is 5.90. The fourth-order valence-electron chi connectivity index (χ4n) is 2.35. The number of carbonyl (C=O) groups is 1. The summed E-state index contributed by atoms with van der Waals surface area (Å²) < 4.78 is 43.7. The van der Waals surface area contributed by atoms with Crippen LogP contribution < -0.4 is 10.2 Å². The Kier molecular flexibility index (Phi) is 4.07. The molecule has 10 heteroatoms. The molecule has 1 N–H and O–H groups in total. The standard InChI is InChI=1S/C13H14F3N5O2/c14-13(15,16)8-11(22)19-9-7-12(20-3-5-23-6-4-20)21-10(18-9)1-2-17-21/h1-2,7H,3-6,8H2,(H,18,19,22). The van der Waals surface area contributed by atoms with Crippen LogP contribution in [0.5, 0.6) is 0 Å². The second kappa shape index (κ2) is 6.03. The number of morpholine rings is 1. The van der Waals surface area contributed by atoms with E-state index in [4.69, 9.17) is 4.74 Å². The maximum atomic E-state index is 12.3. The molecular formula is C13H14F3N5O2. The van der Waals surface area contributed by atoms with Gasteiger partial charge < -0.3 is 15.0 Å². The smallest absolute Gasteiger partial charge is 0.378 e. The highest BCUT2D eigenvalue weighted by atomic mass is 19.4. The minimum Gasteiger partial charge on any atom is -0.378 e. The van der Waals surface area contributed by atoms with E-state index in [-0.39, 0.29) is 5.82 Å². The zero-order chi connectivity index (χ0) is 16.4. The number of amides is 1. The monoisotopic (exact) mass is 329 g/mol. The lowest BCUT2D eigenvalue weighted by atomic mass is 10.3. The third kappa shape index (κ3) is 3.70. The average Bonchev–Trinajstić information content (AvgIpc) is 2.93. The topological polar surface area (TPSA) is 71.8 Å². The molecule has 0 aliphatic carbocycles. The molecule has 0 unspecified atom stereocenters. The molecule has 124 valence electrons. The van der Waals surface area contributed by atoms with Gasteiger partial charge in [-0.2, -0.15) is 22.8 Å². The van der Waals surface area contributed by atoms with Gasteiger partial charge in [0.2, 0.25) is 5.91 Å². The minimum absolute atomic E-state index is 0.0636. The van der Waals surface area contributed by atoms with Crippen molar-refractivity contribution in [2.24, 2.45) is 0 Å². The molecule has 23 heavy (non-hydrogen) atoms. The summed E-state index contributed by atoms with van der Waals surface area (Å²) in [7, 11) is 0. The lowest BCUT2D eigenvalue weighted by Gasteiger charge is -2.29. The van der Waals surface area contributed by atoms with Crippen molar-refractivity contribution < 1.29 is 22.7 Å². The molecule has 0 aromatic carbocycles. The molecule has 0 spiro atoms. The molecule has 1 fully saturated rings. The Morgan fingerprint density at radius 3 is 2.78 bits per heavy atom. The van der Waals surface area contributed by atoms with E-state index in [0.29, 0.717) is 37.8 Å². The summed E-state index contributed by atoms with van der Waals surface area (Å²) in [6.07, 6.45) is -4.57. The molecule has 1 aliphatic heterocycles. The lowest BCUT2D eigenvalue weighted by Crippen LogP contribution is -2.37. The number of carbonyl (C=O) groups excluding carboxylic acids is 1. The van der Waals surface area contributed by atoms with E-state index >= 15 is 0 Å². The van der Waals surface area contributed by atoms with Crippen LogP contribution in [0.1, 0.15) is 6.42 Å². The second-order valence-electron chi connectivity index (χ2n) is 5.04. The van der Waals surface area contributed by atoms with Gasteiger partial charge in [0.05, 0.1) is 19.4 Å². The molecule has 2 aromatic rings. The Morgan fingerprint density at radius 2 is 2.09 bits per heavy atom. The highest BCUT2D eigenvalue weighted by Gasteiger charge is 2.31. The van der Waals surface area contributed by atoms with Crippen LogP contribution in [-0.2, 0) is 9.53 Å². The molecule has 0 saturated carbocycles. The van der Waals surface area contributed by atoms with Gasteiger partial charge in [-0.1, -0.05) is 0 Å². The molecule has 0 radical (unpaired) electrons. The van der Waals surface area contributed by atoms with Crippen LogP contribution in [0.4, 0.5) is 24.8 Å². The van der Waals surface area contributed by atoms with Gasteiger partial charge in [0, 0.05) is 25.2 Å². The maximum Gasteiger partial charge on any atom is 0.397 e. The van der Waals surface area contributed by atoms with Gasteiger partial charge in [-0.15, -0.1) is 0 Å². The summed E-state index contributed by atoms with van der Waals surface area (Å²) in [4.78, 5) is 17.5. The predicted octanol–water partition coefficient (Wildman–Crippen LogP) is 1.46. The largest absolute Gasteiger partial charge is 0.397 e. The number of alkyl halides is 3. The van der Waals surface area contributed by atoms with Crippen LogP contribution in [-0.4, -0.2) is 53.0 Å². The molecule has 3 rings (SSSR count). The Balaban J connectivity index is 1.87. The minimum atomic E-state index is -4.56. The Bertz CT molecular complexity index is 709. The quantitative estimate of drug-likeness (QED) is 0.923. The number of rotatable bonds is 3. The molecule has 3 heterocycles. The lowest BCUT2D eigenvalue weighted by molar-refractivity contribution is -0.150. The molecule has 1 saturated heterocycles. The predicted molar refractivity (Wildman–Crippen MR) is 75.3 cm³/mol. The van der Waals surface area contributed by atoms with Crippen LogP contribution in [0.3, 0.4) is 0 Å². The number of fused-ring (bicyclic) bond motifs is 1. The number of nitrogens with one attached hydrogen (secondary N) is 1. The van der Waals surface area contributed by atoms with Crippen LogP contribution in [0.15, 0.2) is 18.3 Å². The highest BCUT2D eigenvalue weighted by Crippen LogP contribution is 2.23.